The van der Waals surface area contributed by atoms with Crippen molar-refractivity contribution in [3.8, 4) is 136 Å². The summed E-state index contributed by atoms with van der Waals surface area (Å²) in [5.74, 6) is 10.6. The molecule has 18 aromatic carbocycles. The van der Waals surface area contributed by atoms with E-state index in [1.807, 2.05) is 114 Å². The van der Waals surface area contributed by atoms with E-state index in [0.717, 1.165) is 141 Å². The van der Waals surface area contributed by atoms with Crippen molar-refractivity contribution in [2.45, 2.75) is 0 Å². The van der Waals surface area contributed by atoms with Crippen LogP contribution in [0.4, 0.5) is 0 Å². The van der Waals surface area contributed by atoms with Gasteiger partial charge in [-0.1, -0.05) is 279 Å². The predicted octanol–water partition coefficient (Wildman–Crippen LogP) is 23.9. The minimum Gasteiger partial charge on any atom is -0.458 e. The van der Waals surface area contributed by atoms with Crippen LogP contribution in [0.15, 0.2) is 387 Å². The Hall–Kier alpha value is -14.8. The van der Waals surface area contributed by atoms with Crippen LogP contribution in [0.3, 0.4) is 0 Å². The maximum atomic E-state index is 6.42. The number of furan rings is 1. The Bertz CT molecular complexity index is 7530. The van der Waals surface area contributed by atoms with Gasteiger partial charge >= 0.3 is 0 Å². The molecule has 9 heterocycles. The quantitative estimate of drug-likeness (QED) is 0.154. The molecule has 12 heteroatoms. The molecular weight excluding hydrogens is 1510 g/mol. The fraction of sp³-hybridized carbons (Fsp3) is 0. The zero-order valence-corrected chi connectivity index (χ0v) is 65.9. The molecule has 0 N–H and O–H groups in total. The molecule has 0 aliphatic carbocycles. The van der Waals surface area contributed by atoms with Crippen LogP contribution in [0.1, 0.15) is 0 Å². The van der Waals surface area contributed by atoms with Crippen LogP contribution < -0.4 is 77.6 Å². The smallest absolute Gasteiger partial charge is 0.260 e. The van der Waals surface area contributed by atoms with Crippen LogP contribution >= 0.6 is 22.7 Å². The van der Waals surface area contributed by atoms with E-state index in [1.54, 1.807) is 0 Å². The Labute approximate surface area is 700 Å². The first kappa shape index (κ1) is 68.4. The molecule has 0 bridgehead atoms. The van der Waals surface area contributed by atoms with E-state index in [-0.39, 0.29) is 20.1 Å². The SMILES string of the molecule is c1cc(-c2ccc3c(c2)B2c4ccccc4Oc4cccc(c42)O3)cc(-c2cccc3c2oc2ccccc23)c1.c1cc(-c2ccc3c(c2)B2c4ccccc4Oc4cccc(c42)O3)cc(-c2cccc3c2sc2ccccc23)c1.c1ccc2c(c1)Oc1cccc3c1B2c1cc(-c2ccc(-c4cccc5c4sc4ccccc45)cc2)ccc1O3. The van der Waals surface area contributed by atoms with Crippen molar-refractivity contribution in [1.82, 2.24) is 0 Å². The molecule has 6 aliphatic heterocycles. The number of fused-ring (bicyclic) bond motifs is 21. The molecule has 120 heavy (non-hydrogen) atoms. The van der Waals surface area contributed by atoms with E-state index in [2.05, 4.69) is 291 Å². The summed E-state index contributed by atoms with van der Waals surface area (Å²) in [7, 11) is 0. The second-order valence-corrected chi connectivity index (χ2v) is 33.5. The first-order chi connectivity index (χ1) is 59.4. The van der Waals surface area contributed by atoms with Crippen molar-refractivity contribution >= 4 is 154 Å². The minimum atomic E-state index is 0.0485. The van der Waals surface area contributed by atoms with Crippen LogP contribution in [-0.4, -0.2) is 20.1 Å². The van der Waals surface area contributed by atoms with Crippen molar-refractivity contribution in [2.24, 2.45) is 0 Å². The molecule has 0 amide bonds. The number of hydrogen-bond acceptors (Lipinski definition) is 9. The molecular formula is C108H63B3O7S2. The van der Waals surface area contributed by atoms with Gasteiger partial charge in [0.15, 0.2) is 0 Å². The molecule has 3 aromatic heterocycles. The van der Waals surface area contributed by atoms with E-state index in [0.29, 0.717) is 0 Å². The number of ether oxygens (including phenoxy) is 6. The Morgan fingerprint density at radius 3 is 0.942 bits per heavy atom. The van der Waals surface area contributed by atoms with Gasteiger partial charge in [0.1, 0.15) is 80.2 Å². The van der Waals surface area contributed by atoms with Crippen molar-refractivity contribution < 1.29 is 32.8 Å². The third kappa shape index (κ3) is 11.1. The predicted molar refractivity (Wildman–Crippen MR) is 498 cm³/mol. The normalized spacial score (nSPS) is 12.8. The number of hydrogen-bond donors (Lipinski definition) is 0. The molecule has 0 fully saturated rings. The van der Waals surface area contributed by atoms with Crippen LogP contribution in [0, 0.1) is 0 Å². The van der Waals surface area contributed by atoms with Gasteiger partial charge in [-0.25, -0.2) is 0 Å². The highest BCUT2D eigenvalue weighted by Crippen LogP contribution is 2.46. The lowest BCUT2D eigenvalue weighted by Crippen LogP contribution is -2.57. The Kier molecular flexibility index (Phi) is 15.6. The summed E-state index contributed by atoms with van der Waals surface area (Å²) in [6.07, 6.45) is 0. The van der Waals surface area contributed by atoms with E-state index < -0.39 is 0 Å². The van der Waals surface area contributed by atoms with Crippen molar-refractivity contribution in [1.29, 1.82) is 0 Å². The van der Waals surface area contributed by atoms with Crippen molar-refractivity contribution in [3.05, 3.63) is 382 Å². The average molecular weight is 1570 g/mol. The summed E-state index contributed by atoms with van der Waals surface area (Å²) in [4.78, 5) is 0. The van der Waals surface area contributed by atoms with Crippen LogP contribution in [0.25, 0.3) is 129 Å². The van der Waals surface area contributed by atoms with Crippen LogP contribution in [0.5, 0.6) is 69.0 Å². The Morgan fingerprint density at radius 2 is 0.483 bits per heavy atom. The highest BCUT2D eigenvalue weighted by molar-refractivity contribution is 7.26. The van der Waals surface area contributed by atoms with E-state index >= 15 is 0 Å². The lowest BCUT2D eigenvalue weighted by Gasteiger charge is -2.33. The second kappa shape index (κ2) is 27.4. The number of benzene rings is 18. The van der Waals surface area contributed by atoms with Gasteiger partial charge in [-0.15, -0.1) is 22.7 Å². The molecule has 0 saturated carbocycles. The molecule has 21 aromatic rings. The number of rotatable bonds is 6. The monoisotopic (exact) mass is 1570 g/mol. The fourth-order valence-corrected chi connectivity index (χ4v) is 21.7. The highest BCUT2D eigenvalue weighted by atomic mass is 32.1. The Morgan fingerprint density at radius 1 is 0.183 bits per heavy atom. The topological polar surface area (TPSA) is 68.5 Å². The summed E-state index contributed by atoms with van der Waals surface area (Å²) in [6, 6.07) is 135. The third-order valence-electron chi connectivity index (χ3n) is 24.7. The second-order valence-electron chi connectivity index (χ2n) is 31.4. The molecule has 0 saturated heterocycles. The minimum absolute atomic E-state index is 0.0485. The standard InChI is InChI=1S/C36H21BO3.2C36H21BO2S/c1-3-14-30-26(10-1)27-12-6-11-25(36(27)40-30)24-9-5-8-22(20-24)23-18-19-32-29(21-23)37-28-13-2-4-15-31(28)38-33-16-7-17-34(39-32)35(33)37;1-4-17-34-26(10-1)27-12-6-11-25(36(27)40-34)24-9-5-8-22(20-24)23-18-19-31-29(21-23)37-28-13-2-3-14-30(28)38-32-15-7-16-33(39-31)35(32)37;1-4-14-34-26(7-1)27-9-5-8-25(36(27)40-34)23-17-15-22(16-18-23)24-19-20-31-29(21-24)37-28-10-2-3-11-30(28)38-32-12-6-13-33(39-31)35(32)37/h3*1-21H. The van der Waals surface area contributed by atoms with Gasteiger partial charge in [0.05, 0.1) is 0 Å². The average Bonchev–Trinajstić information content (AvgIpc) is 1.22. The van der Waals surface area contributed by atoms with Crippen molar-refractivity contribution in [2.75, 3.05) is 0 Å². The molecule has 0 unspecified atom stereocenters. The third-order valence-corrected chi connectivity index (χ3v) is 27.1. The van der Waals surface area contributed by atoms with Crippen LogP contribution in [0.2, 0.25) is 0 Å². The number of para-hydroxylation sites is 5. The zero-order chi connectivity index (χ0) is 78.6. The van der Waals surface area contributed by atoms with Gasteiger partial charge in [0.25, 0.3) is 20.1 Å². The highest BCUT2D eigenvalue weighted by Gasteiger charge is 2.43. The summed E-state index contributed by atoms with van der Waals surface area (Å²) in [5, 5.41) is 7.58. The molecule has 0 atom stereocenters. The lowest BCUT2D eigenvalue weighted by atomic mass is 9.35. The summed E-state index contributed by atoms with van der Waals surface area (Å²) in [5.41, 5.74) is 26.4. The largest absolute Gasteiger partial charge is 0.458 e. The summed E-state index contributed by atoms with van der Waals surface area (Å²) >= 11 is 3.75. The van der Waals surface area contributed by atoms with Gasteiger partial charge < -0.3 is 32.8 Å². The maximum absolute atomic E-state index is 6.42. The Balaban J connectivity index is 0.0000000997. The van der Waals surface area contributed by atoms with E-state index in [9.17, 15) is 0 Å². The van der Waals surface area contributed by atoms with Gasteiger partial charge in [-0.05, 0) is 197 Å². The van der Waals surface area contributed by atoms with E-state index in [1.165, 1.54) is 107 Å². The zero-order valence-electron chi connectivity index (χ0n) is 64.3. The molecule has 558 valence electrons. The maximum Gasteiger partial charge on any atom is 0.260 e. The first-order valence-corrected chi connectivity index (χ1v) is 42.3. The van der Waals surface area contributed by atoms with Gasteiger partial charge in [0.2, 0.25) is 0 Å². The number of thiophene rings is 2. The summed E-state index contributed by atoms with van der Waals surface area (Å²) in [6.45, 7) is 0.187. The molecule has 7 nitrogen and oxygen atoms in total. The lowest BCUT2D eigenvalue weighted by molar-refractivity contribution is 0.464. The van der Waals surface area contributed by atoms with Crippen LogP contribution in [-0.2, 0) is 0 Å². The molecule has 0 spiro atoms. The molecule has 27 rings (SSSR count). The van der Waals surface area contributed by atoms with E-state index in [4.69, 9.17) is 32.8 Å². The fourth-order valence-electron chi connectivity index (χ4n) is 19.2. The molecule has 6 aliphatic rings. The summed E-state index contributed by atoms with van der Waals surface area (Å²) < 4.78 is 49.8. The molecule has 0 radical (unpaired) electrons. The van der Waals surface area contributed by atoms with Gasteiger partial charge in [0, 0.05) is 73.1 Å². The van der Waals surface area contributed by atoms with Crippen molar-refractivity contribution in [3.63, 3.8) is 0 Å². The van der Waals surface area contributed by atoms with Gasteiger partial charge in [-0.3, -0.25) is 0 Å². The van der Waals surface area contributed by atoms with Gasteiger partial charge in [-0.2, -0.15) is 0 Å². The first-order valence-electron chi connectivity index (χ1n) is 40.6.